The summed E-state index contributed by atoms with van der Waals surface area (Å²) in [6.45, 7) is 1.51. The molecule has 4 aromatic rings. The molecule has 0 atom stereocenters. The molecule has 0 N–H and O–H groups in total. The van der Waals surface area contributed by atoms with E-state index in [-0.39, 0.29) is 17.3 Å². The molecule has 4 aromatic carbocycles. The fraction of sp³-hybridized carbons (Fsp3) is 0.100. The highest BCUT2D eigenvalue weighted by Crippen LogP contribution is 2.22. The maximum absolute atomic E-state index is 12.6. The average molecular weight is 451 g/mol. The third kappa shape index (κ3) is 5.80. The highest BCUT2D eigenvalue weighted by molar-refractivity contribution is 6.22. The van der Waals surface area contributed by atoms with Gasteiger partial charge in [0, 0.05) is 29.4 Å². The summed E-state index contributed by atoms with van der Waals surface area (Å²) in [5, 5.41) is 0. The number of ether oxygens (including phenoxy) is 1. The van der Waals surface area contributed by atoms with E-state index < -0.39 is 5.60 Å². The lowest BCUT2D eigenvalue weighted by Gasteiger charge is -2.25. The van der Waals surface area contributed by atoms with Gasteiger partial charge >= 0.3 is 0 Å². The Morgan fingerprint density at radius 1 is 0.500 bits per heavy atom. The molecule has 4 nitrogen and oxygen atoms in total. The molecule has 0 fully saturated rings. The van der Waals surface area contributed by atoms with Gasteiger partial charge in [0.1, 0.15) is 0 Å². The topological polar surface area (TPSA) is 60.4 Å². The molecule has 0 spiro atoms. The molecule has 170 valence electrons. The van der Waals surface area contributed by atoms with Crippen LogP contribution in [-0.4, -0.2) is 30.1 Å². The van der Waals surface area contributed by atoms with Gasteiger partial charge in [-0.1, -0.05) is 121 Å². The normalized spacial score (nSPS) is 10.5. The molecule has 0 aliphatic carbocycles. The van der Waals surface area contributed by atoms with Crippen LogP contribution < -0.4 is 0 Å². The molecule has 0 bridgehead atoms. The van der Waals surface area contributed by atoms with Crippen molar-refractivity contribution < 1.29 is 19.1 Å². The Kier molecular flexibility index (Phi) is 8.38. The van der Waals surface area contributed by atoms with Crippen LogP contribution >= 0.6 is 0 Å². The van der Waals surface area contributed by atoms with Crippen LogP contribution in [0.25, 0.3) is 0 Å². The predicted octanol–water partition coefficient (Wildman–Crippen LogP) is 6.07. The fourth-order valence-corrected chi connectivity index (χ4v) is 3.36. The zero-order valence-electron chi connectivity index (χ0n) is 19.2. The number of hydrogen-bond acceptors (Lipinski definition) is 4. The Hall–Kier alpha value is -4.15. The minimum Gasteiger partial charge on any atom is -0.362 e. The largest absolute Gasteiger partial charge is 0.362 e. The average Bonchev–Trinajstić information content (AvgIpc) is 2.93. The lowest BCUT2D eigenvalue weighted by Crippen LogP contribution is -2.45. The Morgan fingerprint density at radius 2 is 0.765 bits per heavy atom. The molecule has 4 rings (SSSR count). The molecule has 0 aliphatic heterocycles. The van der Waals surface area contributed by atoms with Crippen LogP contribution in [0.2, 0.25) is 0 Å². The fourth-order valence-electron chi connectivity index (χ4n) is 3.36. The van der Waals surface area contributed by atoms with E-state index in [1.54, 1.807) is 48.5 Å². The molecule has 4 heteroatoms. The van der Waals surface area contributed by atoms with Crippen molar-refractivity contribution in [1.29, 1.82) is 0 Å². The molecule has 0 amide bonds. The van der Waals surface area contributed by atoms with E-state index in [0.29, 0.717) is 11.1 Å². The Morgan fingerprint density at radius 3 is 1.03 bits per heavy atom. The summed E-state index contributed by atoms with van der Waals surface area (Å²) in [6, 6.07) is 36.0. The quantitative estimate of drug-likeness (QED) is 0.253. The van der Waals surface area contributed by atoms with Crippen molar-refractivity contribution in [1.82, 2.24) is 0 Å². The van der Waals surface area contributed by atoms with Gasteiger partial charge in [0.15, 0.2) is 11.4 Å². The van der Waals surface area contributed by atoms with Crippen LogP contribution in [0.5, 0.6) is 0 Å². The van der Waals surface area contributed by atoms with Crippen LogP contribution in [0.1, 0.15) is 43.6 Å². The van der Waals surface area contributed by atoms with E-state index >= 15 is 0 Å². The van der Waals surface area contributed by atoms with Gasteiger partial charge < -0.3 is 4.74 Å². The van der Waals surface area contributed by atoms with E-state index in [0.717, 1.165) is 11.1 Å². The summed E-state index contributed by atoms with van der Waals surface area (Å²) >= 11 is 0. The Balaban J connectivity index is 0.000000202. The van der Waals surface area contributed by atoms with Crippen molar-refractivity contribution in [2.75, 3.05) is 7.11 Å². The van der Waals surface area contributed by atoms with Gasteiger partial charge in [0.2, 0.25) is 11.6 Å². The van der Waals surface area contributed by atoms with Gasteiger partial charge in [-0.15, -0.1) is 0 Å². The summed E-state index contributed by atoms with van der Waals surface area (Å²) in [5.74, 6) is -0.602. The highest BCUT2D eigenvalue weighted by atomic mass is 16.5. The summed E-state index contributed by atoms with van der Waals surface area (Å²) < 4.78 is 5.27. The van der Waals surface area contributed by atoms with Crippen LogP contribution in [0.4, 0.5) is 0 Å². The number of methoxy groups -OCH3 is 1. The van der Waals surface area contributed by atoms with Crippen LogP contribution in [0, 0.1) is 0 Å². The van der Waals surface area contributed by atoms with E-state index in [1.165, 1.54) is 14.0 Å². The minimum absolute atomic E-state index is 0.0752. The second-order valence-corrected chi connectivity index (χ2v) is 7.69. The summed E-state index contributed by atoms with van der Waals surface area (Å²) in [6.07, 6.45) is 0. The van der Waals surface area contributed by atoms with Gasteiger partial charge in [0.05, 0.1) is 0 Å². The molecular weight excluding hydrogens is 424 g/mol. The molecule has 0 radical (unpaired) electrons. The zero-order valence-corrected chi connectivity index (χ0v) is 19.2. The van der Waals surface area contributed by atoms with Crippen molar-refractivity contribution in [3.8, 4) is 0 Å². The Bertz CT molecular complexity index is 1130. The van der Waals surface area contributed by atoms with Gasteiger partial charge in [-0.2, -0.15) is 0 Å². The number of ketones is 3. The molecule has 34 heavy (non-hydrogen) atoms. The van der Waals surface area contributed by atoms with Gasteiger partial charge in [-0.3, -0.25) is 14.4 Å². The second-order valence-electron chi connectivity index (χ2n) is 7.69. The molecular formula is C30H26O4. The summed E-state index contributed by atoms with van der Waals surface area (Å²) in [7, 11) is 1.38. The summed E-state index contributed by atoms with van der Waals surface area (Å²) in [4.78, 5) is 37.0. The first-order chi connectivity index (χ1) is 16.5. The number of Topliss-reactive ketones (excluding diaryl/α,β-unsaturated/α-hetero) is 2. The SMILES string of the molecule is COC(C)(C(=O)c1ccccc1)C(=O)c1ccccc1.O=C(c1ccccc1)c1ccccc1. The van der Waals surface area contributed by atoms with Crippen LogP contribution in [0.15, 0.2) is 121 Å². The van der Waals surface area contributed by atoms with E-state index in [9.17, 15) is 14.4 Å². The molecule has 0 saturated carbocycles. The third-order valence-corrected chi connectivity index (χ3v) is 5.42. The maximum Gasteiger partial charge on any atom is 0.202 e. The molecule has 0 unspecified atom stereocenters. The number of carbonyl (C=O) groups excluding carboxylic acids is 3. The predicted molar refractivity (Wildman–Crippen MR) is 133 cm³/mol. The van der Waals surface area contributed by atoms with Crippen molar-refractivity contribution in [3.05, 3.63) is 144 Å². The van der Waals surface area contributed by atoms with E-state index in [1.807, 2.05) is 72.8 Å². The first kappa shape index (κ1) is 24.5. The number of benzene rings is 4. The van der Waals surface area contributed by atoms with Gasteiger partial charge in [-0.25, -0.2) is 0 Å². The molecule has 0 heterocycles. The third-order valence-electron chi connectivity index (χ3n) is 5.42. The first-order valence-electron chi connectivity index (χ1n) is 10.9. The lowest BCUT2D eigenvalue weighted by molar-refractivity contribution is 0.0161. The van der Waals surface area contributed by atoms with Crippen molar-refractivity contribution >= 4 is 17.3 Å². The van der Waals surface area contributed by atoms with E-state index in [4.69, 9.17) is 4.74 Å². The highest BCUT2D eigenvalue weighted by Gasteiger charge is 2.41. The van der Waals surface area contributed by atoms with Crippen molar-refractivity contribution in [2.45, 2.75) is 12.5 Å². The lowest BCUT2D eigenvalue weighted by atomic mass is 9.87. The van der Waals surface area contributed by atoms with Crippen LogP contribution in [0.3, 0.4) is 0 Å². The number of rotatable bonds is 7. The number of carbonyl (C=O) groups is 3. The van der Waals surface area contributed by atoms with Gasteiger partial charge in [0.25, 0.3) is 0 Å². The second kappa shape index (κ2) is 11.6. The molecule has 0 saturated heterocycles. The first-order valence-corrected chi connectivity index (χ1v) is 10.9. The van der Waals surface area contributed by atoms with Crippen molar-refractivity contribution in [2.24, 2.45) is 0 Å². The van der Waals surface area contributed by atoms with Crippen molar-refractivity contribution in [3.63, 3.8) is 0 Å². The monoisotopic (exact) mass is 450 g/mol. The number of hydrogen-bond donors (Lipinski definition) is 0. The summed E-state index contributed by atoms with van der Waals surface area (Å²) in [5.41, 5.74) is 0.877. The zero-order chi connectivity index (χ0) is 24.4. The minimum atomic E-state index is -1.51. The smallest absolute Gasteiger partial charge is 0.202 e. The van der Waals surface area contributed by atoms with E-state index in [2.05, 4.69) is 0 Å². The Labute approximate surface area is 199 Å². The maximum atomic E-state index is 12.6. The molecule has 0 aromatic heterocycles. The standard InChI is InChI=1S/C17H16O3.C13H10O/c1-17(20-2,15(18)13-9-5-3-6-10-13)16(19)14-11-7-4-8-12-14;14-13(11-7-3-1-4-8-11)12-9-5-2-6-10-12/h3-12H,1-2H3;1-10H. The van der Waals surface area contributed by atoms with Crippen LogP contribution in [-0.2, 0) is 4.74 Å². The van der Waals surface area contributed by atoms with Gasteiger partial charge in [-0.05, 0) is 6.92 Å². The molecule has 0 aliphatic rings.